The fourth-order valence-corrected chi connectivity index (χ4v) is 4.18. The van der Waals surface area contributed by atoms with Crippen molar-refractivity contribution in [3.05, 3.63) is 21.4 Å². The van der Waals surface area contributed by atoms with Crippen molar-refractivity contribution < 1.29 is 9.59 Å². The van der Waals surface area contributed by atoms with Crippen molar-refractivity contribution in [2.75, 3.05) is 13.1 Å². The summed E-state index contributed by atoms with van der Waals surface area (Å²) in [6, 6.07) is 2.06. The summed E-state index contributed by atoms with van der Waals surface area (Å²) < 4.78 is 0. The molecule has 5 heteroatoms. The summed E-state index contributed by atoms with van der Waals surface area (Å²) in [5.74, 6) is -0.165. The highest BCUT2D eigenvalue weighted by molar-refractivity contribution is 7.14. The van der Waals surface area contributed by atoms with Gasteiger partial charge in [0.25, 0.3) is 5.91 Å². The highest BCUT2D eigenvalue weighted by atomic mass is 32.1. The van der Waals surface area contributed by atoms with Gasteiger partial charge in [0.05, 0.1) is 4.88 Å². The van der Waals surface area contributed by atoms with Crippen molar-refractivity contribution in [1.29, 1.82) is 0 Å². The first kappa shape index (κ1) is 12.7. The molecule has 19 heavy (non-hydrogen) atoms. The van der Waals surface area contributed by atoms with Crippen LogP contribution in [0.2, 0.25) is 0 Å². The molecular weight excluding hydrogens is 260 g/mol. The number of hydrogen-bond acceptors (Lipinski definition) is 3. The molecule has 2 heterocycles. The summed E-state index contributed by atoms with van der Waals surface area (Å²) in [7, 11) is 0. The van der Waals surface area contributed by atoms with Gasteiger partial charge in [-0.1, -0.05) is 0 Å². The lowest BCUT2D eigenvalue weighted by Gasteiger charge is -2.30. The number of fused-ring (bicyclic) bond motifs is 1. The topological polar surface area (TPSA) is 63.4 Å². The van der Waals surface area contributed by atoms with E-state index in [0.29, 0.717) is 25.9 Å². The zero-order valence-corrected chi connectivity index (χ0v) is 11.7. The Kier molecular flexibility index (Phi) is 3.31. The number of hydrogen-bond donors (Lipinski definition) is 1. The average molecular weight is 278 g/mol. The molecule has 1 fully saturated rings. The number of rotatable bonds is 2. The molecule has 1 saturated heterocycles. The van der Waals surface area contributed by atoms with E-state index in [0.717, 1.165) is 17.7 Å². The van der Waals surface area contributed by atoms with Crippen LogP contribution in [0.4, 0.5) is 0 Å². The van der Waals surface area contributed by atoms with E-state index < -0.39 is 0 Å². The molecule has 0 bridgehead atoms. The van der Waals surface area contributed by atoms with Gasteiger partial charge in [0, 0.05) is 23.9 Å². The fourth-order valence-electron chi connectivity index (χ4n) is 2.96. The molecule has 0 saturated carbocycles. The molecule has 0 unspecified atom stereocenters. The maximum atomic E-state index is 12.4. The number of aryl methyl sites for hydroxylation is 2. The van der Waals surface area contributed by atoms with Gasteiger partial charge in [0.1, 0.15) is 0 Å². The number of nitrogens with two attached hydrogens (primary N) is 1. The summed E-state index contributed by atoms with van der Waals surface area (Å²) in [5.41, 5.74) is 6.67. The van der Waals surface area contributed by atoms with Crippen molar-refractivity contribution in [2.45, 2.75) is 32.1 Å². The van der Waals surface area contributed by atoms with Crippen LogP contribution in [0, 0.1) is 5.92 Å². The molecule has 3 rings (SSSR count). The minimum atomic E-state index is -0.234. The van der Waals surface area contributed by atoms with E-state index in [1.54, 1.807) is 11.3 Å². The summed E-state index contributed by atoms with van der Waals surface area (Å²) in [6.45, 7) is 1.30. The Morgan fingerprint density at radius 2 is 2.00 bits per heavy atom. The van der Waals surface area contributed by atoms with Gasteiger partial charge in [-0.05, 0) is 43.7 Å². The van der Waals surface area contributed by atoms with E-state index in [1.807, 2.05) is 4.90 Å². The quantitative estimate of drug-likeness (QED) is 0.892. The normalized spacial score (nSPS) is 19.5. The highest BCUT2D eigenvalue weighted by Gasteiger charge is 2.28. The van der Waals surface area contributed by atoms with Gasteiger partial charge in [0.15, 0.2) is 0 Å². The largest absolute Gasteiger partial charge is 0.369 e. The van der Waals surface area contributed by atoms with Crippen molar-refractivity contribution in [3.8, 4) is 0 Å². The molecule has 0 atom stereocenters. The molecule has 1 aromatic rings. The van der Waals surface area contributed by atoms with Crippen molar-refractivity contribution in [2.24, 2.45) is 11.7 Å². The Hall–Kier alpha value is -1.36. The van der Waals surface area contributed by atoms with Crippen LogP contribution in [0.5, 0.6) is 0 Å². The monoisotopic (exact) mass is 278 g/mol. The summed E-state index contributed by atoms with van der Waals surface area (Å²) in [4.78, 5) is 27.6. The zero-order valence-electron chi connectivity index (χ0n) is 10.9. The number of carbonyl (C=O) groups is 2. The van der Waals surface area contributed by atoms with Crippen LogP contribution in [0.15, 0.2) is 6.07 Å². The predicted molar refractivity (Wildman–Crippen MR) is 74.2 cm³/mol. The van der Waals surface area contributed by atoms with Crippen LogP contribution in [-0.4, -0.2) is 29.8 Å². The van der Waals surface area contributed by atoms with Gasteiger partial charge in [0.2, 0.25) is 5.91 Å². The molecule has 1 aliphatic heterocycles. The SMILES string of the molecule is NC(=O)C1CCN(C(=O)c2cc3c(s2)CCC3)CC1. The van der Waals surface area contributed by atoms with E-state index in [-0.39, 0.29) is 17.7 Å². The molecule has 0 spiro atoms. The lowest BCUT2D eigenvalue weighted by atomic mass is 9.96. The second-order valence-corrected chi connectivity index (χ2v) is 6.52. The minimum absolute atomic E-state index is 0.0580. The first-order chi connectivity index (χ1) is 9.15. The van der Waals surface area contributed by atoms with Crippen LogP contribution in [0.25, 0.3) is 0 Å². The third-order valence-corrected chi connectivity index (χ3v) is 5.37. The van der Waals surface area contributed by atoms with Crippen LogP contribution >= 0.6 is 11.3 Å². The van der Waals surface area contributed by atoms with Gasteiger partial charge < -0.3 is 10.6 Å². The second kappa shape index (κ2) is 4.96. The molecule has 0 radical (unpaired) electrons. The smallest absolute Gasteiger partial charge is 0.263 e. The van der Waals surface area contributed by atoms with E-state index in [2.05, 4.69) is 6.07 Å². The number of carbonyl (C=O) groups excluding carboxylic acids is 2. The average Bonchev–Trinajstić information content (AvgIpc) is 2.98. The van der Waals surface area contributed by atoms with Gasteiger partial charge in [-0.3, -0.25) is 9.59 Å². The Morgan fingerprint density at radius 3 is 2.63 bits per heavy atom. The van der Waals surface area contributed by atoms with Crippen LogP contribution < -0.4 is 5.73 Å². The van der Waals surface area contributed by atoms with Gasteiger partial charge in [-0.25, -0.2) is 0 Å². The molecule has 1 aliphatic carbocycles. The highest BCUT2D eigenvalue weighted by Crippen LogP contribution is 2.31. The Bertz CT molecular complexity index is 494. The Morgan fingerprint density at radius 1 is 1.26 bits per heavy atom. The maximum absolute atomic E-state index is 12.4. The molecule has 2 aliphatic rings. The van der Waals surface area contributed by atoms with Gasteiger partial charge in [-0.2, -0.15) is 0 Å². The zero-order chi connectivity index (χ0) is 13.4. The Balaban J connectivity index is 1.66. The molecule has 2 amide bonds. The van der Waals surface area contributed by atoms with E-state index in [4.69, 9.17) is 5.73 Å². The number of amides is 2. The third kappa shape index (κ3) is 2.39. The Labute approximate surface area is 116 Å². The first-order valence-electron chi connectivity index (χ1n) is 6.85. The molecule has 0 aromatic carbocycles. The van der Waals surface area contributed by atoms with E-state index in [9.17, 15) is 9.59 Å². The predicted octanol–water partition coefficient (Wildman–Crippen LogP) is 1.57. The summed E-state index contributed by atoms with van der Waals surface area (Å²) >= 11 is 1.65. The van der Waals surface area contributed by atoms with Gasteiger partial charge in [-0.15, -0.1) is 11.3 Å². The van der Waals surface area contributed by atoms with Crippen LogP contribution in [0.3, 0.4) is 0 Å². The van der Waals surface area contributed by atoms with Crippen molar-refractivity contribution in [3.63, 3.8) is 0 Å². The molecule has 2 N–H and O–H groups in total. The molecule has 102 valence electrons. The number of piperidine rings is 1. The van der Waals surface area contributed by atoms with Crippen LogP contribution in [-0.2, 0) is 17.6 Å². The standard InChI is InChI=1S/C14H18N2O2S/c15-13(17)9-4-6-16(7-5-9)14(18)12-8-10-2-1-3-11(10)19-12/h8-9H,1-7H2,(H2,15,17). The lowest BCUT2D eigenvalue weighted by molar-refractivity contribution is -0.123. The van der Waals surface area contributed by atoms with Crippen molar-refractivity contribution in [1.82, 2.24) is 4.90 Å². The van der Waals surface area contributed by atoms with Crippen LogP contribution in [0.1, 0.15) is 39.4 Å². The van der Waals surface area contributed by atoms with Gasteiger partial charge >= 0.3 is 0 Å². The molecular formula is C14H18N2O2S. The number of thiophene rings is 1. The minimum Gasteiger partial charge on any atom is -0.369 e. The fraction of sp³-hybridized carbons (Fsp3) is 0.571. The number of nitrogens with zero attached hydrogens (tertiary/aromatic N) is 1. The second-order valence-electron chi connectivity index (χ2n) is 5.38. The molecule has 1 aromatic heterocycles. The van der Waals surface area contributed by atoms with E-state index >= 15 is 0 Å². The summed E-state index contributed by atoms with van der Waals surface area (Å²) in [5, 5.41) is 0. The number of likely N-dealkylation sites (tertiary alicyclic amines) is 1. The summed E-state index contributed by atoms with van der Waals surface area (Å²) in [6.07, 6.45) is 4.86. The number of primary amides is 1. The van der Waals surface area contributed by atoms with Crippen molar-refractivity contribution >= 4 is 23.2 Å². The first-order valence-corrected chi connectivity index (χ1v) is 7.67. The lowest BCUT2D eigenvalue weighted by Crippen LogP contribution is -2.41. The maximum Gasteiger partial charge on any atom is 0.263 e. The third-order valence-electron chi connectivity index (χ3n) is 4.14. The van der Waals surface area contributed by atoms with E-state index in [1.165, 1.54) is 16.9 Å². The molecule has 4 nitrogen and oxygen atoms in total.